The first kappa shape index (κ1) is 29.2. The van der Waals surface area contributed by atoms with Gasteiger partial charge in [-0.3, -0.25) is 4.79 Å². The number of hydrogen-bond acceptors (Lipinski definition) is 4. The predicted octanol–water partition coefficient (Wildman–Crippen LogP) is 0.556. The highest BCUT2D eigenvalue weighted by atomic mass is 35.5. The van der Waals surface area contributed by atoms with Crippen molar-refractivity contribution in [1.82, 2.24) is 0 Å². The lowest BCUT2D eigenvalue weighted by atomic mass is 10.4. The second-order valence-electron chi connectivity index (χ2n) is 1.74. The lowest BCUT2D eigenvalue weighted by molar-refractivity contribution is -0.144. The third-order valence-corrected chi connectivity index (χ3v) is 0.652. The van der Waals surface area contributed by atoms with Crippen LogP contribution >= 0.6 is 49.6 Å². The van der Waals surface area contributed by atoms with Crippen LogP contribution in [0.3, 0.4) is 0 Å². The van der Waals surface area contributed by atoms with Crippen LogP contribution in [-0.2, 0) is 9.53 Å². The molecule has 0 rings (SSSR count). The Morgan fingerprint density at radius 1 is 1.38 bits per heavy atom. The molecule has 8 heteroatoms. The molecule has 0 bridgehead atoms. The topological polar surface area (TPSA) is 72.5 Å². The van der Waals surface area contributed by atoms with E-state index in [9.17, 15) is 4.79 Å². The van der Waals surface area contributed by atoms with Crippen LogP contribution in [0.1, 0.15) is 6.92 Å². The number of nitrogens with two attached hydrogens (primary N) is 1. The van der Waals surface area contributed by atoms with Crippen molar-refractivity contribution < 1.29 is 14.6 Å². The summed E-state index contributed by atoms with van der Waals surface area (Å²) in [5.74, 6) is -0.490. The summed E-state index contributed by atoms with van der Waals surface area (Å²) in [7, 11) is 0. The van der Waals surface area contributed by atoms with Gasteiger partial charge in [0, 0.05) is 0 Å². The van der Waals surface area contributed by atoms with E-state index in [2.05, 4.69) is 4.74 Å². The highest BCUT2D eigenvalue weighted by molar-refractivity contribution is 5.86. The van der Waals surface area contributed by atoms with E-state index in [1.165, 1.54) is 6.92 Å². The molecule has 0 aromatic rings. The Hall–Kier alpha value is 0.550. The Morgan fingerprint density at radius 3 is 2.00 bits per heavy atom. The van der Waals surface area contributed by atoms with Gasteiger partial charge in [0.05, 0.1) is 12.6 Å². The molecule has 0 aliphatic rings. The fraction of sp³-hybridized carbons (Fsp3) is 0.800. The van der Waals surface area contributed by atoms with Crippen molar-refractivity contribution in [3.05, 3.63) is 0 Å². The molecule has 0 heterocycles. The van der Waals surface area contributed by atoms with Crippen LogP contribution in [0.5, 0.6) is 0 Å². The summed E-state index contributed by atoms with van der Waals surface area (Å²) >= 11 is 0. The van der Waals surface area contributed by atoms with Gasteiger partial charge in [-0.1, -0.05) is 0 Å². The first-order valence-corrected chi connectivity index (χ1v) is 2.70. The molecule has 0 aliphatic heterocycles. The minimum Gasteiger partial charge on any atom is -0.462 e. The van der Waals surface area contributed by atoms with Crippen LogP contribution in [0.15, 0.2) is 0 Å². The number of aliphatic hydroxyl groups is 1. The third kappa shape index (κ3) is 24.5. The van der Waals surface area contributed by atoms with Crippen LogP contribution in [0, 0.1) is 0 Å². The Labute approximate surface area is 102 Å². The number of carbonyl (C=O) groups excluding carboxylic acids is 1. The summed E-state index contributed by atoms with van der Waals surface area (Å²) in [5.41, 5.74) is 4.90. The molecule has 1 atom stereocenters. The van der Waals surface area contributed by atoms with Gasteiger partial charge in [0.2, 0.25) is 0 Å². The summed E-state index contributed by atoms with van der Waals surface area (Å²) < 4.78 is 4.44. The Kier molecular flexibility index (Phi) is 41.2. The van der Waals surface area contributed by atoms with Crippen molar-refractivity contribution in [2.45, 2.75) is 13.0 Å². The average Bonchev–Trinajstić information content (AvgIpc) is 1.83. The van der Waals surface area contributed by atoms with Gasteiger partial charge in [0.25, 0.3) is 0 Å². The number of halogens is 4. The summed E-state index contributed by atoms with van der Waals surface area (Å²) in [6.07, 6.45) is -0.611. The van der Waals surface area contributed by atoms with Crippen molar-refractivity contribution in [2.24, 2.45) is 5.73 Å². The first-order chi connectivity index (χ1) is 4.16. The maximum Gasteiger partial charge on any atom is 0.319 e. The zero-order chi connectivity index (χ0) is 7.28. The standard InChI is InChI=1S/C5H11NO3.4ClH/c1-4(7)3-9-5(8)2-6;;;;/h4,7H,2-3,6H2,1H3;4*1H. The molecule has 0 spiro atoms. The van der Waals surface area contributed by atoms with Crippen molar-refractivity contribution in [1.29, 1.82) is 0 Å². The number of hydrogen-bond donors (Lipinski definition) is 2. The molecular formula is C5H15Cl4NO3. The number of esters is 1. The van der Waals surface area contributed by atoms with Crippen LogP contribution in [0.2, 0.25) is 0 Å². The number of rotatable bonds is 3. The average molecular weight is 279 g/mol. The molecular weight excluding hydrogens is 264 g/mol. The predicted molar refractivity (Wildman–Crippen MR) is 60.7 cm³/mol. The third-order valence-electron chi connectivity index (χ3n) is 0.652. The van der Waals surface area contributed by atoms with Gasteiger partial charge >= 0.3 is 5.97 Å². The second kappa shape index (κ2) is 18.4. The molecule has 0 saturated carbocycles. The largest absolute Gasteiger partial charge is 0.462 e. The van der Waals surface area contributed by atoms with Crippen molar-refractivity contribution in [3.8, 4) is 0 Å². The fourth-order valence-electron chi connectivity index (χ4n) is 0.272. The van der Waals surface area contributed by atoms with E-state index in [-0.39, 0.29) is 62.8 Å². The van der Waals surface area contributed by atoms with Gasteiger partial charge in [0.15, 0.2) is 0 Å². The number of aliphatic hydroxyl groups excluding tert-OH is 1. The van der Waals surface area contributed by atoms with E-state index in [0.717, 1.165) is 0 Å². The highest BCUT2D eigenvalue weighted by Crippen LogP contribution is 1.81. The van der Waals surface area contributed by atoms with Crippen molar-refractivity contribution >= 4 is 55.6 Å². The molecule has 3 N–H and O–H groups in total. The molecule has 0 amide bonds. The molecule has 0 fully saturated rings. The molecule has 0 aromatic carbocycles. The summed E-state index contributed by atoms with van der Waals surface area (Å²) in [5, 5.41) is 8.58. The molecule has 0 radical (unpaired) electrons. The van der Waals surface area contributed by atoms with E-state index in [4.69, 9.17) is 10.8 Å². The van der Waals surface area contributed by atoms with Gasteiger partial charge in [-0.05, 0) is 6.92 Å². The molecule has 86 valence electrons. The normalized spacial score (nSPS) is 8.85. The maximum atomic E-state index is 10.3. The molecule has 13 heavy (non-hydrogen) atoms. The Bertz CT molecular complexity index is 104. The van der Waals surface area contributed by atoms with E-state index in [1.807, 2.05) is 0 Å². The van der Waals surface area contributed by atoms with Gasteiger partial charge < -0.3 is 15.6 Å². The van der Waals surface area contributed by atoms with E-state index >= 15 is 0 Å². The maximum absolute atomic E-state index is 10.3. The number of ether oxygens (including phenoxy) is 1. The van der Waals surface area contributed by atoms with Crippen LogP contribution in [0.4, 0.5) is 0 Å². The van der Waals surface area contributed by atoms with Gasteiger partial charge in [-0.15, -0.1) is 49.6 Å². The van der Waals surface area contributed by atoms with Gasteiger partial charge in [-0.2, -0.15) is 0 Å². The zero-order valence-electron chi connectivity index (χ0n) is 6.97. The van der Waals surface area contributed by atoms with Gasteiger partial charge in [-0.25, -0.2) is 0 Å². The zero-order valence-corrected chi connectivity index (χ0v) is 10.2. The minimum absolute atomic E-state index is 0. The van der Waals surface area contributed by atoms with Crippen molar-refractivity contribution in [2.75, 3.05) is 13.2 Å². The van der Waals surface area contributed by atoms with Gasteiger partial charge in [0.1, 0.15) is 6.61 Å². The lowest BCUT2D eigenvalue weighted by Crippen LogP contribution is -2.21. The van der Waals surface area contributed by atoms with Crippen LogP contribution in [0.25, 0.3) is 0 Å². The SMILES string of the molecule is CC(O)COC(=O)CN.Cl.Cl.Cl.Cl. The highest BCUT2D eigenvalue weighted by Gasteiger charge is 2.00. The van der Waals surface area contributed by atoms with Crippen LogP contribution < -0.4 is 5.73 Å². The minimum atomic E-state index is -0.611. The lowest BCUT2D eigenvalue weighted by Gasteiger charge is -2.03. The van der Waals surface area contributed by atoms with E-state index < -0.39 is 12.1 Å². The Balaban J connectivity index is -0.0000000533. The van der Waals surface area contributed by atoms with Crippen LogP contribution in [-0.4, -0.2) is 30.3 Å². The number of carbonyl (C=O) groups is 1. The molecule has 0 aromatic heterocycles. The fourth-order valence-corrected chi connectivity index (χ4v) is 0.272. The smallest absolute Gasteiger partial charge is 0.319 e. The molecule has 0 aliphatic carbocycles. The Morgan fingerprint density at radius 2 is 1.77 bits per heavy atom. The monoisotopic (exact) mass is 277 g/mol. The summed E-state index contributed by atoms with van der Waals surface area (Å²) in [6, 6.07) is 0. The van der Waals surface area contributed by atoms with E-state index in [0.29, 0.717) is 0 Å². The first-order valence-electron chi connectivity index (χ1n) is 2.70. The second-order valence-corrected chi connectivity index (χ2v) is 1.74. The van der Waals surface area contributed by atoms with Crippen molar-refractivity contribution in [3.63, 3.8) is 0 Å². The molecule has 1 unspecified atom stereocenters. The van der Waals surface area contributed by atoms with E-state index in [1.54, 1.807) is 0 Å². The summed E-state index contributed by atoms with van der Waals surface area (Å²) in [6.45, 7) is 1.42. The summed E-state index contributed by atoms with van der Waals surface area (Å²) in [4.78, 5) is 10.3. The molecule has 4 nitrogen and oxygen atoms in total. The molecule has 0 saturated heterocycles. The quantitative estimate of drug-likeness (QED) is 0.740.